The van der Waals surface area contributed by atoms with Crippen molar-refractivity contribution < 1.29 is 13.6 Å². The van der Waals surface area contributed by atoms with Crippen LogP contribution in [0.25, 0.3) is 0 Å². The molecule has 0 aromatic carbocycles. The number of amides is 1. The highest BCUT2D eigenvalue weighted by molar-refractivity contribution is 5.79. The molecule has 0 spiro atoms. The normalized spacial score (nSPS) is 13.3. The van der Waals surface area contributed by atoms with E-state index in [1.54, 1.807) is 6.92 Å². The zero-order chi connectivity index (χ0) is 9.02. The lowest BCUT2D eigenvalue weighted by molar-refractivity contribution is -0.143. The first kappa shape index (κ1) is 10.3. The number of alkyl halides is 2. The number of hydrogen-bond acceptors (Lipinski definition) is 1. The quantitative estimate of drug-likeness (QED) is 0.620. The Kier molecular flexibility index (Phi) is 4.00. The maximum absolute atomic E-state index is 11.8. The van der Waals surface area contributed by atoms with Gasteiger partial charge >= 0.3 is 6.43 Å². The Bertz CT molecular complexity index is 138. The first-order valence-electron chi connectivity index (χ1n) is 3.55. The van der Waals surface area contributed by atoms with Crippen molar-refractivity contribution in [1.82, 2.24) is 4.90 Å². The number of nitrogens with zero attached hydrogens (tertiary/aromatic N) is 1. The van der Waals surface area contributed by atoms with Crippen LogP contribution >= 0.6 is 0 Å². The summed E-state index contributed by atoms with van der Waals surface area (Å²) in [6, 6.07) is -0.114. The van der Waals surface area contributed by atoms with Gasteiger partial charge in [-0.2, -0.15) is 8.78 Å². The highest BCUT2D eigenvalue weighted by Gasteiger charge is 2.22. The minimum atomic E-state index is -2.88. The average Bonchev–Trinajstić information content (AvgIpc) is 2.00. The first-order chi connectivity index (χ1) is 5.00. The monoisotopic (exact) mass is 165 g/mol. The molecule has 0 aromatic rings. The first-order valence-corrected chi connectivity index (χ1v) is 3.55. The van der Waals surface area contributed by atoms with E-state index in [9.17, 15) is 13.6 Å². The van der Waals surface area contributed by atoms with E-state index < -0.39 is 12.3 Å². The molecular formula is C7H13F2NO. The second-order valence-corrected chi connectivity index (χ2v) is 2.51. The van der Waals surface area contributed by atoms with Crippen LogP contribution in [-0.2, 0) is 4.79 Å². The fourth-order valence-corrected chi connectivity index (χ4v) is 0.645. The molecule has 0 radical (unpaired) electrons. The van der Waals surface area contributed by atoms with Crippen molar-refractivity contribution in [2.24, 2.45) is 0 Å². The third-order valence-electron chi connectivity index (χ3n) is 1.79. The molecule has 0 aliphatic rings. The van der Waals surface area contributed by atoms with Gasteiger partial charge in [0.2, 0.25) is 0 Å². The summed E-state index contributed by atoms with van der Waals surface area (Å²) in [4.78, 5) is 11.7. The largest absolute Gasteiger partial charge is 0.338 e. The molecule has 0 fully saturated rings. The average molecular weight is 165 g/mol. The zero-order valence-electron chi connectivity index (χ0n) is 6.97. The Balaban J connectivity index is 4.02. The van der Waals surface area contributed by atoms with E-state index in [0.29, 0.717) is 6.42 Å². The Hall–Kier alpha value is -0.670. The van der Waals surface area contributed by atoms with Crippen molar-refractivity contribution >= 4 is 5.91 Å². The van der Waals surface area contributed by atoms with Crippen LogP contribution in [0.5, 0.6) is 0 Å². The van der Waals surface area contributed by atoms with E-state index in [2.05, 4.69) is 0 Å². The van der Waals surface area contributed by atoms with Gasteiger partial charge in [0, 0.05) is 13.1 Å². The molecule has 4 heteroatoms. The molecule has 0 N–H and O–H groups in total. The molecule has 0 saturated heterocycles. The Morgan fingerprint density at radius 2 is 2.00 bits per heavy atom. The highest BCUT2D eigenvalue weighted by atomic mass is 19.3. The van der Waals surface area contributed by atoms with Gasteiger partial charge in [-0.05, 0) is 13.3 Å². The van der Waals surface area contributed by atoms with Gasteiger partial charge in [0.15, 0.2) is 0 Å². The van der Waals surface area contributed by atoms with E-state index in [0.717, 1.165) is 4.90 Å². The molecule has 1 atom stereocenters. The standard InChI is InChI=1S/C7H13F2NO/c1-4-5(2)10(3)7(11)6(8)9/h5-6H,4H2,1-3H3. The third kappa shape index (κ3) is 2.82. The van der Waals surface area contributed by atoms with Gasteiger partial charge in [-0.25, -0.2) is 0 Å². The maximum atomic E-state index is 11.8. The molecular weight excluding hydrogens is 152 g/mol. The summed E-state index contributed by atoms with van der Waals surface area (Å²) in [6.45, 7) is 3.58. The SMILES string of the molecule is CCC(C)N(C)C(=O)C(F)F. The molecule has 0 bridgehead atoms. The predicted octanol–water partition coefficient (Wildman–Crippen LogP) is 1.51. The van der Waals surface area contributed by atoms with E-state index in [4.69, 9.17) is 0 Å². The van der Waals surface area contributed by atoms with Crippen molar-refractivity contribution in [2.75, 3.05) is 7.05 Å². The number of carbonyl (C=O) groups excluding carboxylic acids is 1. The Morgan fingerprint density at radius 3 is 2.27 bits per heavy atom. The molecule has 11 heavy (non-hydrogen) atoms. The van der Waals surface area contributed by atoms with Crippen LogP contribution in [0.2, 0.25) is 0 Å². The van der Waals surface area contributed by atoms with Crippen molar-refractivity contribution in [1.29, 1.82) is 0 Å². The van der Waals surface area contributed by atoms with Crippen LogP contribution < -0.4 is 0 Å². The minimum Gasteiger partial charge on any atom is -0.338 e. The number of hydrogen-bond donors (Lipinski definition) is 0. The zero-order valence-corrected chi connectivity index (χ0v) is 6.97. The van der Waals surface area contributed by atoms with Crippen molar-refractivity contribution in [3.05, 3.63) is 0 Å². The lowest BCUT2D eigenvalue weighted by Crippen LogP contribution is -2.38. The third-order valence-corrected chi connectivity index (χ3v) is 1.79. The van der Waals surface area contributed by atoms with Gasteiger partial charge in [-0.1, -0.05) is 6.92 Å². The molecule has 66 valence electrons. The number of carbonyl (C=O) groups is 1. The summed E-state index contributed by atoms with van der Waals surface area (Å²) in [5, 5.41) is 0. The fraction of sp³-hybridized carbons (Fsp3) is 0.857. The van der Waals surface area contributed by atoms with Gasteiger partial charge in [0.25, 0.3) is 5.91 Å². The highest BCUT2D eigenvalue weighted by Crippen LogP contribution is 2.05. The molecule has 2 nitrogen and oxygen atoms in total. The molecule has 0 aromatic heterocycles. The van der Waals surface area contributed by atoms with Gasteiger partial charge < -0.3 is 4.90 Å². The van der Waals surface area contributed by atoms with Crippen LogP contribution in [0.15, 0.2) is 0 Å². The molecule has 0 heterocycles. The number of rotatable bonds is 3. The molecule has 1 amide bonds. The van der Waals surface area contributed by atoms with E-state index in [-0.39, 0.29) is 6.04 Å². The van der Waals surface area contributed by atoms with Crippen LogP contribution in [0.1, 0.15) is 20.3 Å². The van der Waals surface area contributed by atoms with Crippen molar-refractivity contribution in [2.45, 2.75) is 32.7 Å². The fourth-order valence-electron chi connectivity index (χ4n) is 0.645. The second kappa shape index (κ2) is 4.26. The minimum absolute atomic E-state index is 0.114. The van der Waals surface area contributed by atoms with E-state index in [1.807, 2.05) is 6.92 Å². The van der Waals surface area contributed by atoms with Crippen LogP contribution in [0, 0.1) is 0 Å². The molecule has 0 aliphatic carbocycles. The molecule has 0 rings (SSSR count). The summed E-state index contributed by atoms with van der Waals surface area (Å²) >= 11 is 0. The lowest BCUT2D eigenvalue weighted by Gasteiger charge is -2.22. The molecule has 1 unspecified atom stereocenters. The summed E-state index contributed by atoms with van der Waals surface area (Å²) in [5.41, 5.74) is 0. The van der Waals surface area contributed by atoms with Gasteiger partial charge in [-0.3, -0.25) is 4.79 Å². The summed E-state index contributed by atoms with van der Waals surface area (Å²) in [5.74, 6) is -1.10. The summed E-state index contributed by atoms with van der Waals surface area (Å²) in [6.07, 6.45) is -2.19. The predicted molar refractivity (Wildman–Crippen MR) is 38.5 cm³/mol. The molecule has 0 saturated carbocycles. The van der Waals surface area contributed by atoms with Crippen molar-refractivity contribution in [3.8, 4) is 0 Å². The lowest BCUT2D eigenvalue weighted by atomic mass is 10.2. The van der Waals surface area contributed by atoms with Crippen LogP contribution in [-0.4, -0.2) is 30.3 Å². The van der Waals surface area contributed by atoms with Crippen molar-refractivity contribution in [3.63, 3.8) is 0 Å². The van der Waals surface area contributed by atoms with Gasteiger partial charge in [-0.15, -0.1) is 0 Å². The summed E-state index contributed by atoms with van der Waals surface area (Å²) < 4.78 is 23.6. The van der Waals surface area contributed by atoms with E-state index in [1.165, 1.54) is 7.05 Å². The summed E-state index contributed by atoms with van der Waals surface area (Å²) in [7, 11) is 1.39. The van der Waals surface area contributed by atoms with Crippen LogP contribution in [0.3, 0.4) is 0 Å². The maximum Gasteiger partial charge on any atom is 0.315 e. The van der Waals surface area contributed by atoms with Gasteiger partial charge in [0.05, 0.1) is 0 Å². The molecule has 0 aliphatic heterocycles. The smallest absolute Gasteiger partial charge is 0.315 e. The van der Waals surface area contributed by atoms with E-state index >= 15 is 0 Å². The Morgan fingerprint density at radius 1 is 1.55 bits per heavy atom. The Labute approximate surface area is 65.2 Å². The topological polar surface area (TPSA) is 20.3 Å². The number of halogens is 2. The second-order valence-electron chi connectivity index (χ2n) is 2.51. The van der Waals surface area contributed by atoms with Crippen LogP contribution in [0.4, 0.5) is 8.78 Å². The van der Waals surface area contributed by atoms with Gasteiger partial charge in [0.1, 0.15) is 0 Å².